The third-order valence-electron chi connectivity index (χ3n) is 3.06. The number of halogens is 1. The maximum atomic E-state index is 11.2. The fraction of sp³-hybridized carbons (Fsp3) is 0.462. The predicted molar refractivity (Wildman–Crippen MR) is 70.6 cm³/mol. The minimum atomic E-state index is 0.0967. The number of carbonyl (C=O) groups is 1. The van der Waals surface area contributed by atoms with Gasteiger partial charge in [0.15, 0.2) is 0 Å². The largest absolute Gasteiger partial charge is 0.492 e. The quantitative estimate of drug-likeness (QED) is 0.874. The van der Waals surface area contributed by atoms with Crippen LogP contribution in [0.15, 0.2) is 18.2 Å². The van der Waals surface area contributed by atoms with Gasteiger partial charge in [0, 0.05) is 25.4 Å². The highest BCUT2D eigenvalue weighted by Crippen LogP contribution is 2.26. The average molecular weight is 269 g/mol. The van der Waals surface area contributed by atoms with Gasteiger partial charge in [0.25, 0.3) is 0 Å². The molecule has 0 bridgehead atoms. The summed E-state index contributed by atoms with van der Waals surface area (Å²) < 4.78 is 5.67. The second-order valence-electron chi connectivity index (χ2n) is 4.49. The molecule has 0 saturated carbocycles. The molecule has 0 aromatic heterocycles. The van der Waals surface area contributed by atoms with Gasteiger partial charge in [0.1, 0.15) is 5.75 Å². The van der Waals surface area contributed by atoms with Crippen molar-refractivity contribution < 1.29 is 9.53 Å². The number of nitrogens with two attached hydrogens (primary N) is 1. The molecule has 1 atom stereocenters. The van der Waals surface area contributed by atoms with E-state index in [0.29, 0.717) is 30.3 Å². The summed E-state index contributed by atoms with van der Waals surface area (Å²) in [5.41, 5.74) is 6.51. The van der Waals surface area contributed by atoms with Crippen molar-refractivity contribution in [3.8, 4) is 5.75 Å². The smallest absolute Gasteiger partial charge is 0.220 e. The van der Waals surface area contributed by atoms with Crippen molar-refractivity contribution in [1.82, 2.24) is 5.32 Å². The predicted octanol–water partition coefficient (Wildman–Crippen LogP) is 1.70. The third-order valence-corrected chi connectivity index (χ3v) is 3.35. The summed E-state index contributed by atoms with van der Waals surface area (Å²) in [6, 6.07) is 5.53. The summed E-state index contributed by atoms with van der Waals surface area (Å²) in [4.78, 5) is 11.2. The Morgan fingerprint density at radius 2 is 2.33 bits per heavy atom. The highest BCUT2D eigenvalue weighted by molar-refractivity contribution is 6.32. The summed E-state index contributed by atoms with van der Waals surface area (Å²) in [7, 11) is 0. The van der Waals surface area contributed by atoms with Gasteiger partial charge < -0.3 is 15.8 Å². The summed E-state index contributed by atoms with van der Waals surface area (Å²) in [6.45, 7) is 1.71. The minimum absolute atomic E-state index is 0.0967. The molecule has 1 heterocycles. The first-order chi connectivity index (χ1) is 8.69. The van der Waals surface area contributed by atoms with E-state index >= 15 is 0 Å². The van der Waals surface area contributed by atoms with E-state index in [9.17, 15) is 4.79 Å². The van der Waals surface area contributed by atoms with Gasteiger partial charge in [-0.3, -0.25) is 4.79 Å². The maximum absolute atomic E-state index is 11.2. The summed E-state index contributed by atoms with van der Waals surface area (Å²) in [5, 5.41) is 3.37. The van der Waals surface area contributed by atoms with E-state index in [1.165, 1.54) is 0 Å². The lowest BCUT2D eigenvalue weighted by Gasteiger charge is -2.22. The molecular formula is C13H17ClN2O2. The molecule has 18 heavy (non-hydrogen) atoms. The molecule has 1 aliphatic rings. The van der Waals surface area contributed by atoms with Gasteiger partial charge >= 0.3 is 0 Å². The summed E-state index contributed by atoms with van der Waals surface area (Å²) in [5.74, 6) is 1.02. The Bertz CT molecular complexity index is 437. The first-order valence-corrected chi connectivity index (χ1v) is 6.45. The fourth-order valence-electron chi connectivity index (χ4n) is 1.99. The van der Waals surface area contributed by atoms with Crippen molar-refractivity contribution in [3.05, 3.63) is 28.8 Å². The van der Waals surface area contributed by atoms with Crippen LogP contribution in [-0.2, 0) is 11.3 Å². The SMILES string of the molecule is NCc1ccc(OCC2CCNC(=O)C2)c(Cl)c1. The molecular weight excluding hydrogens is 252 g/mol. The van der Waals surface area contributed by atoms with Gasteiger partial charge in [-0.25, -0.2) is 0 Å². The Hall–Kier alpha value is -1.26. The van der Waals surface area contributed by atoms with Crippen molar-refractivity contribution >= 4 is 17.5 Å². The molecule has 0 spiro atoms. The minimum Gasteiger partial charge on any atom is -0.492 e. The van der Waals surface area contributed by atoms with Crippen molar-refractivity contribution in [3.63, 3.8) is 0 Å². The van der Waals surface area contributed by atoms with Gasteiger partial charge in [-0.05, 0) is 24.1 Å². The molecule has 1 aromatic rings. The van der Waals surface area contributed by atoms with Crippen LogP contribution in [0.4, 0.5) is 0 Å². The van der Waals surface area contributed by atoms with Crippen LogP contribution in [0.25, 0.3) is 0 Å². The number of rotatable bonds is 4. The molecule has 1 saturated heterocycles. The number of nitrogens with one attached hydrogen (secondary N) is 1. The standard InChI is InChI=1S/C13H17ClN2O2/c14-11-5-9(7-15)1-2-12(11)18-8-10-3-4-16-13(17)6-10/h1-2,5,10H,3-4,6-8,15H2,(H,16,17). The maximum Gasteiger partial charge on any atom is 0.220 e. The summed E-state index contributed by atoms with van der Waals surface area (Å²) in [6.07, 6.45) is 1.47. The van der Waals surface area contributed by atoms with Crippen molar-refractivity contribution in [2.24, 2.45) is 11.7 Å². The Labute approximate surface area is 111 Å². The molecule has 1 fully saturated rings. The Kier molecular flexibility index (Phi) is 4.44. The van der Waals surface area contributed by atoms with Gasteiger partial charge in [-0.1, -0.05) is 17.7 Å². The van der Waals surface area contributed by atoms with E-state index in [1.807, 2.05) is 18.2 Å². The van der Waals surface area contributed by atoms with E-state index in [4.69, 9.17) is 22.1 Å². The Balaban J connectivity index is 1.91. The van der Waals surface area contributed by atoms with Gasteiger partial charge in [0.2, 0.25) is 5.91 Å². The highest BCUT2D eigenvalue weighted by atomic mass is 35.5. The zero-order valence-corrected chi connectivity index (χ0v) is 10.9. The van der Waals surface area contributed by atoms with Crippen LogP contribution >= 0.6 is 11.6 Å². The average Bonchev–Trinajstić information content (AvgIpc) is 2.37. The first-order valence-electron chi connectivity index (χ1n) is 6.07. The number of ether oxygens (including phenoxy) is 1. The number of hydrogen-bond donors (Lipinski definition) is 2. The van der Waals surface area contributed by atoms with E-state index < -0.39 is 0 Å². The van der Waals surface area contributed by atoms with Crippen molar-refractivity contribution in [2.75, 3.05) is 13.2 Å². The normalized spacial score (nSPS) is 19.4. The topological polar surface area (TPSA) is 64.3 Å². The molecule has 2 rings (SSSR count). The third kappa shape index (κ3) is 3.37. The van der Waals surface area contributed by atoms with Gasteiger partial charge in [0.05, 0.1) is 11.6 Å². The molecule has 5 heteroatoms. The Morgan fingerprint density at radius 1 is 1.50 bits per heavy atom. The number of piperidine rings is 1. The molecule has 4 nitrogen and oxygen atoms in total. The molecule has 1 aliphatic heterocycles. The van der Waals surface area contributed by atoms with Crippen LogP contribution in [0.5, 0.6) is 5.75 Å². The lowest BCUT2D eigenvalue weighted by atomic mass is 9.99. The second-order valence-corrected chi connectivity index (χ2v) is 4.90. The zero-order valence-electron chi connectivity index (χ0n) is 10.1. The molecule has 0 radical (unpaired) electrons. The molecule has 98 valence electrons. The van der Waals surface area contributed by atoms with Crippen LogP contribution in [0, 0.1) is 5.92 Å². The lowest BCUT2D eigenvalue weighted by Crippen LogP contribution is -2.35. The molecule has 1 unspecified atom stereocenters. The second kappa shape index (κ2) is 6.07. The molecule has 1 amide bonds. The number of benzene rings is 1. The van der Waals surface area contributed by atoms with Crippen molar-refractivity contribution in [1.29, 1.82) is 0 Å². The van der Waals surface area contributed by atoms with E-state index in [0.717, 1.165) is 18.5 Å². The highest BCUT2D eigenvalue weighted by Gasteiger charge is 2.19. The van der Waals surface area contributed by atoms with Gasteiger partial charge in [-0.2, -0.15) is 0 Å². The van der Waals surface area contributed by atoms with E-state index in [-0.39, 0.29) is 11.8 Å². The monoisotopic (exact) mass is 268 g/mol. The lowest BCUT2D eigenvalue weighted by molar-refractivity contribution is -0.123. The van der Waals surface area contributed by atoms with Crippen LogP contribution in [0.2, 0.25) is 5.02 Å². The van der Waals surface area contributed by atoms with Crippen molar-refractivity contribution in [2.45, 2.75) is 19.4 Å². The zero-order chi connectivity index (χ0) is 13.0. The first kappa shape index (κ1) is 13.2. The number of carbonyl (C=O) groups excluding carboxylic acids is 1. The summed E-state index contributed by atoms with van der Waals surface area (Å²) >= 11 is 6.09. The van der Waals surface area contributed by atoms with Crippen LogP contribution < -0.4 is 15.8 Å². The van der Waals surface area contributed by atoms with Crippen LogP contribution in [0.3, 0.4) is 0 Å². The fourth-order valence-corrected chi connectivity index (χ4v) is 2.25. The molecule has 1 aromatic carbocycles. The number of amides is 1. The van der Waals surface area contributed by atoms with Gasteiger partial charge in [-0.15, -0.1) is 0 Å². The number of hydrogen-bond acceptors (Lipinski definition) is 3. The Morgan fingerprint density at radius 3 is 3.00 bits per heavy atom. The molecule has 0 aliphatic carbocycles. The van der Waals surface area contributed by atoms with E-state index in [1.54, 1.807) is 0 Å². The van der Waals surface area contributed by atoms with Crippen LogP contribution in [0.1, 0.15) is 18.4 Å². The van der Waals surface area contributed by atoms with Crippen LogP contribution in [-0.4, -0.2) is 19.1 Å². The molecule has 3 N–H and O–H groups in total. The van der Waals surface area contributed by atoms with E-state index in [2.05, 4.69) is 5.32 Å².